The summed E-state index contributed by atoms with van der Waals surface area (Å²) in [6.45, 7) is 0. The lowest BCUT2D eigenvalue weighted by Gasteiger charge is -2.00. The van der Waals surface area contributed by atoms with Crippen LogP contribution in [0, 0.1) is 0 Å². The zero-order valence-corrected chi connectivity index (χ0v) is 12.2. The maximum atomic E-state index is 11.2. The van der Waals surface area contributed by atoms with E-state index in [1.54, 1.807) is 36.4 Å². The molecule has 1 aromatic heterocycles. The standard InChI is InChI=1S/C16H9Cl2NO2/c17-11-7-5-10(6-8-11)16-19-14(9-20)15(21-16)12-3-1-2-4-13(12)18/h1-9H. The zero-order valence-electron chi connectivity index (χ0n) is 10.7. The number of carbonyl (C=O) groups is 1. The highest BCUT2D eigenvalue weighted by Gasteiger charge is 2.17. The lowest BCUT2D eigenvalue weighted by Crippen LogP contribution is -1.85. The Balaban J connectivity index is 2.13. The molecule has 5 heteroatoms. The molecule has 0 aliphatic rings. The average molecular weight is 318 g/mol. The molecule has 0 saturated heterocycles. The summed E-state index contributed by atoms with van der Waals surface area (Å²) in [6, 6.07) is 14.2. The van der Waals surface area contributed by atoms with Crippen LogP contribution in [0.2, 0.25) is 10.0 Å². The fraction of sp³-hybridized carbons (Fsp3) is 0. The van der Waals surface area contributed by atoms with Gasteiger partial charge in [0.25, 0.3) is 0 Å². The predicted molar refractivity (Wildman–Crippen MR) is 82.8 cm³/mol. The van der Waals surface area contributed by atoms with E-state index >= 15 is 0 Å². The van der Waals surface area contributed by atoms with Crippen molar-refractivity contribution in [3.05, 3.63) is 64.3 Å². The van der Waals surface area contributed by atoms with Crippen molar-refractivity contribution < 1.29 is 9.21 Å². The molecule has 0 aliphatic carbocycles. The smallest absolute Gasteiger partial charge is 0.227 e. The van der Waals surface area contributed by atoms with Crippen LogP contribution < -0.4 is 0 Å². The molecule has 104 valence electrons. The van der Waals surface area contributed by atoms with Crippen molar-refractivity contribution in [2.75, 3.05) is 0 Å². The molecule has 0 fully saturated rings. The first-order valence-corrected chi connectivity index (χ1v) is 6.91. The molecular weight excluding hydrogens is 309 g/mol. The molecular formula is C16H9Cl2NO2. The fourth-order valence-electron chi connectivity index (χ4n) is 1.97. The van der Waals surface area contributed by atoms with Gasteiger partial charge in [-0.05, 0) is 36.4 Å². The number of rotatable bonds is 3. The van der Waals surface area contributed by atoms with Gasteiger partial charge in [-0.25, -0.2) is 4.98 Å². The predicted octanol–water partition coefficient (Wildman–Crippen LogP) is 5.13. The minimum atomic E-state index is 0.216. The molecule has 3 rings (SSSR count). The first-order chi connectivity index (χ1) is 10.2. The molecule has 2 aromatic carbocycles. The molecule has 3 nitrogen and oxygen atoms in total. The van der Waals surface area contributed by atoms with E-state index in [0.717, 1.165) is 5.56 Å². The molecule has 0 aliphatic heterocycles. The monoisotopic (exact) mass is 317 g/mol. The van der Waals surface area contributed by atoms with E-state index in [2.05, 4.69) is 4.98 Å². The summed E-state index contributed by atoms with van der Waals surface area (Å²) in [6.07, 6.45) is 0.654. The van der Waals surface area contributed by atoms with Crippen molar-refractivity contribution in [2.24, 2.45) is 0 Å². The first kappa shape index (κ1) is 13.9. The molecule has 21 heavy (non-hydrogen) atoms. The van der Waals surface area contributed by atoms with Gasteiger partial charge < -0.3 is 4.42 Å². The Morgan fingerprint density at radius 2 is 1.71 bits per heavy atom. The Morgan fingerprint density at radius 3 is 2.38 bits per heavy atom. The number of benzene rings is 2. The number of aromatic nitrogens is 1. The van der Waals surface area contributed by atoms with Crippen LogP contribution in [0.3, 0.4) is 0 Å². The third kappa shape index (κ3) is 2.71. The molecule has 1 heterocycles. The van der Waals surface area contributed by atoms with Crippen molar-refractivity contribution in [1.82, 2.24) is 4.98 Å². The van der Waals surface area contributed by atoms with E-state index in [0.29, 0.717) is 33.5 Å². The van der Waals surface area contributed by atoms with Gasteiger partial charge in [-0.15, -0.1) is 0 Å². The molecule has 0 bridgehead atoms. The second kappa shape index (κ2) is 5.72. The SMILES string of the molecule is O=Cc1nc(-c2ccc(Cl)cc2)oc1-c1ccccc1Cl. The van der Waals surface area contributed by atoms with Crippen molar-refractivity contribution in [3.8, 4) is 22.8 Å². The van der Waals surface area contributed by atoms with Gasteiger partial charge in [0.15, 0.2) is 17.7 Å². The van der Waals surface area contributed by atoms with E-state index in [1.807, 2.05) is 12.1 Å². The topological polar surface area (TPSA) is 43.1 Å². The second-order valence-corrected chi connectivity index (χ2v) is 5.18. The summed E-state index contributed by atoms with van der Waals surface area (Å²) >= 11 is 12.0. The summed E-state index contributed by atoms with van der Waals surface area (Å²) in [5.74, 6) is 0.712. The number of aldehydes is 1. The minimum absolute atomic E-state index is 0.216. The van der Waals surface area contributed by atoms with E-state index in [4.69, 9.17) is 27.6 Å². The second-order valence-electron chi connectivity index (χ2n) is 4.34. The highest BCUT2D eigenvalue weighted by molar-refractivity contribution is 6.33. The normalized spacial score (nSPS) is 10.6. The Kier molecular flexibility index (Phi) is 3.78. The van der Waals surface area contributed by atoms with Gasteiger partial charge in [0, 0.05) is 16.1 Å². The summed E-state index contributed by atoms with van der Waals surface area (Å²) in [5.41, 5.74) is 1.59. The van der Waals surface area contributed by atoms with Crippen LogP contribution in [0.5, 0.6) is 0 Å². The number of carbonyl (C=O) groups excluding carboxylic acids is 1. The Hall–Kier alpha value is -2.10. The van der Waals surface area contributed by atoms with Crippen molar-refractivity contribution >= 4 is 29.5 Å². The maximum absolute atomic E-state index is 11.2. The van der Waals surface area contributed by atoms with E-state index in [1.165, 1.54) is 0 Å². The highest BCUT2D eigenvalue weighted by atomic mass is 35.5. The minimum Gasteiger partial charge on any atom is -0.435 e. The Bertz CT molecular complexity index is 794. The zero-order chi connectivity index (χ0) is 14.8. The number of nitrogens with zero attached hydrogens (tertiary/aromatic N) is 1. The van der Waals surface area contributed by atoms with Crippen LogP contribution in [0.25, 0.3) is 22.8 Å². The van der Waals surface area contributed by atoms with Crippen LogP contribution in [-0.2, 0) is 0 Å². The lowest BCUT2D eigenvalue weighted by molar-refractivity contribution is 0.112. The Labute approximate surface area is 131 Å². The van der Waals surface area contributed by atoms with E-state index < -0.39 is 0 Å². The number of oxazole rings is 1. The number of halogens is 2. The van der Waals surface area contributed by atoms with Crippen LogP contribution in [0.15, 0.2) is 52.9 Å². The lowest BCUT2D eigenvalue weighted by atomic mass is 10.1. The summed E-state index contributed by atoms with van der Waals surface area (Å²) in [7, 11) is 0. The van der Waals surface area contributed by atoms with E-state index in [9.17, 15) is 4.79 Å². The third-order valence-corrected chi connectivity index (χ3v) is 3.56. The van der Waals surface area contributed by atoms with Gasteiger partial charge in [-0.3, -0.25) is 4.79 Å². The average Bonchev–Trinajstić information content (AvgIpc) is 2.92. The van der Waals surface area contributed by atoms with Crippen LogP contribution in [0.1, 0.15) is 10.5 Å². The van der Waals surface area contributed by atoms with Crippen LogP contribution in [-0.4, -0.2) is 11.3 Å². The quantitative estimate of drug-likeness (QED) is 0.629. The van der Waals surface area contributed by atoms with Gasteiger partial charge in [0.2, 0.25) is 5.89 Å². The van der Waals surface area contributed by atoms with Crippen molar-refractivity contribution in [2.45, 2.75) is 0 Å². The maximum Gasteiger partial charge on any atom is 0.227 e. The Morgan fingerprint density at radius 1 is 1.00 bits per heavy atom. The van der Waals surface area contributed by atoms with Gasteiger partial charge >= 0.3 is 0 Å². The van der Waals surface area contributed by atoms with Crippen molar-refractivity contribution in [3.63, 3.8) is 0 Å². The number of hydrogen-bond donors (Lipinski definition) is 0. The molecule has 0 amide bonds. The largest absolute Gasteiger partial charge is 0.435 e. The van der Waals surface area contributed by atoms with Crippen molar-refractivity contribution in [1.29, 1.82) is 0 Å². The van der Waals surface area contributed by atoms with Gasteiger partial charge in [0.05, 0.1) is 5.02 Å². The third-order valence-electron chi connectivity index (χ3n) is 2.97. The molecule has 0 spiro atoms. The van der Waals surface area contributed by atoms with E-state index in [-0.39, 0.29) is 5.69 Å². The molecule has 3 aromatic rings. The van der Waals surface area contributed by atoms with Crippen LogP contribution in [0.4, 0.5) is 0 Å². The first-order valence-electron chi connectivity index (χ1n) is 6.16. The van der Waals surface area contributed by atoms with Crippen LogP contribution >= 0.6 is 23.2 Å². The molecule has 0 radical (unpaired) electrons. The molecule has 0 unspecified atom stereocenters. The number of hydrogen-bond acceptors (Lipinski definition) is 3. The molecule has 0 atom stereocenters. The highest BCUT2D eigenvalue weighted by Crippen LogP contribution is 2.33. The summed E-state index contributed by atoms with van der Waals surface area (Å²) < 4.78 is 5.73. The van der Waals surface area contributed by atoms with Gasteiger partial charge in [0.1, 0.15) is 0 Å². The van der Waals surface area contributed by atoms with Gasteiger partial charge in [-0.1, -0.05) is 35.3 Å². The fourth-order valence-corrected chi connectivity index (χ4v) is 2.31. The van der Waals surface area contributed by atoms with Gasteiger partial charge in [-0.2, -0.15) is 0 Å². The summed E-state index contributed by atoms with van der Waals surface area (Å²) in [4.78, 5) is 15.4. The summed E-state index contributed by atoms with van der Waals surface area (Å²) in [5, 5.41) is 1.12. The molecule has 0 N–H and O–H groups in total. The molecule has 0 saturated carbocycles.